The van der Waals surface area contributed by atoms with Crippen LogP contribution in [0.4, 0.5) is 0 Å². The van der Waals surface area contributed by atoms with Gasteiger partial charge in [0, 0.05) is 44.6 Å². The minimum Gasteiger partial charge on any atom is -0.357 e. The van der Waals surface area contributed by atoms with Gasteiger partial charge in [-0.1, -0.05) is 13.8 Å². The molecular weight excluding hydrogens is 435 g/mol. The number of halogens is 1. The highest BCUT2D eigenvalue weighted by Crippen LogP contribution is 2.18. The van der Waals surface area contributed by atoms with Crippen molar-refractivity contribution in [3.05, 3.63) is 22.4 Å². The summed E-state index contributed by atoms with van der Waals surface area (Å²) in [5.74, 6) is 1.51. The number of carbonyl (C=O) groups is 1. The molecule has 0 bridgehead atoms. The number of aliphatic imine (C=N–C) groups is 1. The molecule has 5 nitrogen and oxygen atoms in total. The minimum atomic E-state index is 0. The van der Waals surface area contributed by atoms with Crippen molar-refractivity contribution >= 4 is 47.2 Å². The normalized spacial score (nSPS) is 18.9. The van der Waals surface area contributed by atoms with E-state index in [4.69, 9.17) is 4.99 Å². The fourth-order valence-electron chi connectivity index (χ4n) is 2.73. The standard InChI is InChI=1S/C17H28N4OS.HI/c1-4-16(22)21-8-6-15(11-21)20-17(18-5-2)19-10-13(3)14-7-9-23-12-14;/h7,9,12-13,15H,4-6,8,10-11H2,1-3H3,(H2,18,19,20);1H. The van der Waals surface area contributed by atoms with Gasteiger partial charge in [0.25, 0.3) is 0 Å². The van der Waals surface area contributed by atoms with Crippen LogP contribution in [0.1, 0.15) is 45.1 Å². The second kappa shape index (κ2) is 10.9. The molecule has 2 unspecified atom stereocenters. The van der Waals surface area contributed by atoms with Crippen LogP contribution in [0.25, 0.3) is 0 Å². The third-order valence-corrected chi connectivity index (χ3v) is 4.87. The zero-order valence-electron chi connectivity index (χ0n) is 14.7. The first-order valence-corrected chi connectivity index (χ1v) is 9.43. The van der Waals surface area contributed by atoms with Gasteiger partial charge in [-0.2, -0.15) is 11.3 Å². The van der Waals surface area contributed by atoms with E-state index < -0.39 is 0 Å². The highest BCUT2D eigenvalue weighted by atomic mass is 127. The van der Waals surface area contributed by atoms with Crippen LogP contribution in [0.15, 0.2) is 21.8 Å². The van der Waals surface area contributed by atoms with Gasteiger partial charge in [-0.25, -0.2) is 0 Å². The van der Waals surface area contributed by atoms with Crippen molar-refractivity contribution in [2.45, 2.75) is 45.6 Å². The molecular formula is C17H29IN4OS. The summed E-state index contributed by atoms with van der Waals surface area (Å²) < 4.78 is 0. The van der Waals surface area contributed by atoms with Crippen molar-refractivity contribution < 1.29 is 4.79 Å². The van der Waals surface area contributed by atoms with Crippen LogP contribution >= 0.6 is 35.3 Å². The largest absolute Gasteiger partial charge is 0.357 e. The fraction of sp³-hybridized carbons (Fsp3) is 0.647. The zero-order valence-corrected chi connectivity index (χ0v) is 17.9. The number of carbonyl (C=O) groups excluding carboxylic acids is 1. The second-order valence-corrected chi connectivity index (χ2v) is 6.78. The number of amides is 1. The van der Waals surface area contributed by atoms with E-state index in [0.29, 0.717) is 18.4 Å². The molecule has 24 heavy (non-hydrogen) atoms. The van der Waals surface area contributed by atoms with E-state index in [-0.39, 0.29) is 29.9 Å². The Bertz CT molecular complexity index is 521. The van der Waals surface area contributed by atoms with E-state index in [2.05, 4.69) is 41.3 Å². The van der Waals surface area contributed by atoms with Crippen LogP contribution in [0.5, 0.6) is 0 Å². The SMILES string of the molecule is CCNC(=NCC(C)c1ccsc1)NC1CCN(C(=O)CC)C1.I. The summed E-state index contributed by atoms with van der Waals surface area (Å²) in [7, 11) is 0. The van der Waals surface area contributed by atoms with Crippen molar-refractivity contribution in [3.8, 4) is 0 Å². The van der Waals surface area contributed by atoms with Crippen LogP contribution < -0.4 is 10.6 Å². The maximum atomic E-state index is 11.8. The van der Waals surface area contributed by atoms with E-state index in [1.807, 2.05) is 11.8 Å². The maximum Gasteiger partial charge on any atom is 0.222 e. The monoisotopic (exact) mass is 464 g/mol. The molecule has 1 aromatic rings. The van der Waals surface area contributed by atoms with Crippen LogP contribution in [-0.2, 0) is 4.79 Å². The Morgan fingerprint density at radius 3 is 2.92 bits per heavy atom. The van der Waals surface area contributed by atoms with Gasteiger partial charge in [0.15, 0.2) is 5.96 Å². The average molecular weight is 464 g/mol. The Labute approximate surface area is 166 Å². The van der Waals surface area contributed by atoms with Crippen LogP contribution in [-0.4, -0.2) is 49.0 Å². The molecule has 2 atom stereocenters. The Morgan fingerprint density at radius 1 is 1.50 bits per heavy atom. The fourth-order valence-corrected chi connectivity index (χ4v) is 3.51. The quantitative estimate of drug-likeness (QED) is 0.387. The summed E-state index contributed by atoms with van der Waals surface area (Å²) in [5.41, 5.74) is 1.34. The van der Waals surface area contributed by atoms with Gasteiger partial charge in [-0.3, -0.25) is 9.79 Å². The minimum absolute atomic E-state index is 0. The lowest BCUT2D eigenvalue weighted by molar-refractivity contribution is -0.129. The molecule has 0 spiro atoms. The molecule has 1 aromatic heterocycles. The number of likely N-dealkylation sites (tertiary alicyclic amines) is 1. The second-order valence-electron chi connectivity index (χ2n) is 6.00. The molecule has 0 aromatic carbocycles. The molecule has 7 heteroatoms. The number of thiophene rings is 1. The highest BCUT2D eigenvalue weighted by Gasteiger charge is 2.25. The molecule has 1 aliphatic rings. The molecule has 2 heterocycles. The van der Waals surface area contributed by atoms with Crippen molar-refractivity contribution in [1.29, 1.82) is 0 Å². The number of hydrogen-bond acceptors (Lipinski definition) is 3. The van der Waals surface area contributed by atoms with Gasteiger partial charge >= 0.3 is 0 Å². The highest BCUT2D eigenvalue weighted by molar-refractivity contribution is 14.0. The molecule has 0 saturated carbocycles. The molecule has 1 saturated heterocycles. The topological polar surface area (TPSA) is 56.7 Å². The first-order chi connectivity index (χ1) is 11.1. The number of guanidine groups is 1. The van der Waals surface area contributed by atoms with Gasteiger partial charge in [0.1, 0.15) is 0 Å². The Hall–Kier alpha value is -0.830. The summed E-state index contributed by atoms with van der Waals surface area (Å²) in [6, 6.07) is 2.45. The van der Waals surface area contributed by atoms with Crippen LogP contribution in [0.2, 0.25) is 0 Å². The molecule has 0 radical (unpaired) electrons. The molecule has 1 aliphatic heterocycles. The van der Waals surface area contributed by atoms with Gasteiger partial charge in [0.05, 0.1) is 0 Å². The predicted molar refractivity (Wildman–Crippen MR) is 113 cm³/mol. The Balaban J connectivity index is 0.00000288. The van der Waals surface area contributed by atoms with Gasteiger partial charge in [0.2, 0.25) is 5.91 Å². The van der Waals surface area contributed by atoms with Crippen molar-refractivity contribution in [2.75, 3.05) is 26.2 Å². The third-order valence-electron chi connectivity index (χ3n) is 4.16. The Morgan fingerprint density at radius 2 is 2.29 bits per heavy atom. The van der Waals surface area contributed by atoms with Crippen molar-refractivity contribution in [2.24, 2.45) is 4.99 Å². The van der Waals surface area contributed by atoms with Crippen LogP contribution in [0, 0.1) is 0 Å². The summed E-state index contributed by atoms with van der Waals surface area (Å²) in [6.07, 6.45) is 1.56. The number of nitrogens with one attached hydrogen (secondary N) is 2. The number of rotatable bonds is 6. The average Bonchev–Trinajstić information content (AvgIpc) is 3.23. The first-order valence-electron chi connectivity index (χ1n) is 8.48. The van der Waals surface area contributed by atoms with Gasteiger partial charge in [-0.15, -0.1) is 24.0 Å². The smallest absolute Gasteiger partial charge is 0.222 e. The summed E-state index contributed by atoms with van der Waals surface area (Å²) in [6.45, 7) is 9.40. The summed E-state index contributed by atoms with van der Waals surface area (Å²) in [5, 5.41) is 11.1. The van der Waals surface area contributed by atoms with Crippen LogP contribution in [0.3, 0.4) is 0 Å². The van der Waals surface area contributed by atoms with E-state index >= 15 is 0 Å². The van der Waals surface area contributed by atoms with E-state index in [1.54, 1.807) is 11.3 Å². The predicted octanol–water partition coefficient (Wildman–Crippen LogP) is 3.04. The lowest BCUT2D eigenvalue weighted by Gasteiger charge is -2.19. The summed E-state index contributed by atoms with van der Waals surface area (Å²) in [4.78, 5) is 18.4. The molecule has 1 amide bonds. The van der Waals surface area contributed by atoms with Crippen molar-refractivity contribution in [1.82, 2.24) is 15.5 Å². The Kier molecular flexibility index (Phi) is 9.65. The zero-order chi connectivity index (χ0) is 16.7. The number of hydrogen-bond donors (Lipinski definition) is 2. The van der Waals surface area contributed by atoms with Crippen molar-refractivity contribution in [3.63, 3.8) is 0 Å². The molecule has 2 rings (SSSR count). The number of nitrogens with zero attached hydrogens (tertiary/aromatic N) is 2. The van der Waals surface area contributed by atoms with Gasteiger partial charge in [-0.05, 0) is 35.7 Å². The van der Waals surface area contributed by atoms with Gasteiger partial charge < -0.3 is 15.5 Å². The first kappa shape index (κ1) is 21.2. The molecule has 136 valence electrons. The molecule has 2 N–H and O–H groups in total. The van der Waals surface area contributed by atoms with E-state index in [1.165, 1.54) is 5.56 Å². The van der Waals surface area contributed by atoms with E-state index in [0.717, 1.165) is 38.6 Å². The third kappa shape index (κ3) is 6.23. The molecule has 0 aliphatic carbocycles. The lowest BCUT2D eigenvalue weighted by atomic mass is 10.1. The lowest BCUT2D eigenvalue weighted by Crippen LogP contribution is -2.45. The molecule has 1 fully saturated rings. The maximum absolute atomic E-state index is 11.8. The van der Waals surface area contributed by atoms with E-state index in [9.17, 15) is 4.79 Å². The summed E-state index contributed by atoms with van der Waals surface area (Å²) >= 11 is 1.73.